The molecule has 5 aliphatic heterocycles. The molecule has 0 radical (unpaired) electrons. The van der Waals surface area contributed by atoms with Gasteiger partial charge in [0.15, 0.2) is 5.82 Å². The Morgan fingerprint density at radius 1 is 1.07 bits per heavy atom. The Morgan fingerprint density at radius 2 is 1.85 bits per heavy atom. The van der Waals surface area contributed by atoms with E-state index in [9.17, 15) is 27.6 Å². The van der Waals surface area contributed by atoms with Crippen LogP contribution in [-0.4, -0.2) is 107 Å². The van der Waals surface area contributed by atoms with Crippen LogP contribution in [0.5, 0.6) is 6.01 Å². The van der Waals surface area contributed by atoms with Crippen molar-refractivity contribution in [3.63, 3.8) is 0 Å². The number of hydrogen-bond acceptors (Lipinski definition) is 9. The molecule has 1 spiro atoms. The molecule has 9 rings (SSSR count). The number of nitrogens with zero attached hydrogens (tertiary/aromatic N) is 7. The van der Waals surface area contributed by atoms with Crippen LogP contribution in [0.15, 0.2) is 18.2 Å². The van der Waals surface area contributed by atoms with Gasteiger partial charge in [0.2, 0.25) is 0 Å². The quantitative estimate of drug-likeness (QED) is 0.211. The van der Waals surface area contributed by atoms with Gasteiger partial charge in [0.1, 0.15) is 41.0 Å². The summed E-state index contributed by atoms with van der Waals surface area (Å²) in [5, 5.41) is 10.5. The summed E-state index contributed by atoms with van der Waals surface area (Å²) in [5.41, 5.74) is 5.21. The predicted octanol–water partition coefficient (Wildman–Crippen LogP) is 7.22. The number of carbonyl (C=O) groups is 1. The minimum atomic E-state index is -2.86. The predicted molar refractivity (Wildman–Crippen MR) is 195 cm³/mol. The van der Waals surface area contributed by atoms with Gasteiger partial charge in [0.25, 0.3) is 5.92 Å². The summed E-state index contributed by atoms with van der Waals surface area (Å²) < 4.78 is 80.3. The van der Waals surface area contributed by atoms with E-state index in [2.05, 4.69) is 9.88 Å². The highest BCUT2D eigenvalue weighted by atomic mass is 35.5. The SMILES string of the molecule is N#Cc1c(N)sc2c(F)ccc(-c3c(Cl)cc4c(N5CCCCC6(CN(C(=O)N7CC(F)(F)C7)C6)C5)nc(OC[C@@]56CCCN5C[C@H](F)C6)nc4c3F)c12. The molecule has 5 aliphatic rings. The van der Waals surface area contributed by atoms with Crippen molar-refractivity contribution in [2.45, 2.75) is 56.2 Å². The lowest BCUT2D eigenvalue weighted by molar-refractivity contribution is -0.120. The first-order valence-corrected chi connectivity index (χ1v) is 19.3. The number of nitrogen functional groups attached to an aromatic ring is 1. The van der Waals surface area contributed by atoms with Crippen LogP contribution in [0.25, 0.3) is 32.1 Å². The molecule has 0 aliphatic carbocycles. The van der Waals surface area contributed by atoms with Crippen LogP contribution in [0, 0.1) is 28.4 Å². The van der Waals surface area contributed by atoms with Gasteiger partial charge < -0.3 is 25.2 Å². The highest BCUT2D eigenvalue weighted by Gasteiger charge is 2.53. The number of alkyl halides is 3. The molecule has 54 heavy (non-hydrogen) atoms. The average molecular weight is 787 g/mol. The molecule has 17 heteroatoms. The average Bonchev–Trinajstić information content (AvgIpc) is 3.68. The number of thiophene rings is 1. The number of ether oxygens (including phenoxy) is 1. The van der Waals surface area contributed by atoms with E-state index in [1.54, 1.807) is 11.0 Å². The largest absolute Gasteiger partial charge is 0.461 e. The summed E-state index contributed by atoms with van der Waals surface area (Å²) in [6.45, 7) is 1.75. The van der Waals surface area contributed by atoms with E-state index in [0.29, 0.717) is 50.3 Å². The first kappa shape index (κ1) is 35.5. The molecule has 2 amide bonds. The Hall–Kier alpha value is -4.20. The Bertz CT molecular complexity index is 2260. The molecule has 2 aromatic heterocycles. The third-order valence-corrected chi connectivity index (χ3v) is 13.2. The van der Waals surface area contributed by atoms with Crippen LogP contribution in [0.1, 0.15) is 44.1 Å². The zero-order valence-electron chi connectivity index (χ0n) is 29.1. The number of nitriles is 1. The molecule has 2 N–H and O–H groups in total. The number of hydrogen-bond donors (Lipinski definition) is 1. The molecule has 5 saturated heterocycles. The summed E-state index contributed by atoms with van der Waals surface area (Å²) in [5.74, 6) is -3.93. The van der Waals surface area contributed by atoms with Crippen LogP contribution < -0.4 is 15.4 Å². The van der Waals surface area contributed by atoms with Crippen LogP contribution in [0.2, 0.25) is 5.02 Å². The third kappa shape index (κ3) is 5.68. The molecule has 284 valence electrons. The van der Waals surface area contributed by atoms with Crippen LogP contribution in [-0.2, 0) is 0 Å². The molecule has 2 aromatic carbocycles. The molecular weight excluding hydrogens is 751 g/mol. The molecule has 0 bridgehead atoms. The number of likely N-dealkylation sites (tertiary alicyclic amines) is 2. The van der Waals surface area contributed by atoms with E-state index in [0.717, 1.165) is 54.9 Å². The Kier molecular flexibility index (Phi) is 8.33. The van der Waals surface area contributed by atoms with E-state index >= 15 is 4.39 Å². The molecule has 4 aromatic rings. The van der Waals surface area contributed by atoms with E-state index in [4.69, 9.17) is 27.1 Å². The normalized spacial score (nSPS) is 24.8. The topological polar surface area (TPSA) is 115 Å². The van der Waals surface area contributed by atoms with Gasteiger partial charge in [0.05, 0.1) is 33.9 Å². The Morgan fingerprint density at radius 3 is 2.61 bits per heavy atom. The summed E-state index contributed by atoms with van der Waals surface area (Å²) in [7, 11) is 0. The maximum atomic E-state index is 17.2. The maximum absolute atomic E-state index is 17.2. The summed E-state index contributed by atoms with van der Waals surface area (Å²) in [6.07, 6.45) is 3.38. The third-order valence-electron chi connectivity index (χ3n) is 11.9. The number of fused-ring (bicyclic) bond motifs is 3. The number of benzene rings is 2. The molecule has 0 saturated carbocycles. The van der Waals surface area contributed by atoms with E-state index in [1.807, 2.05) is 11.0 Å². The molecule has 7 heterocycles. The second-order valence-electron chi connectivity index (χ2n) is 15.6. The standard InChI is InChI=1S/C37H36ClF5N8O2S/c38-24-10-22-29(28(41)27(24)21-4-5-25(40)30-26(21)23(12-44)31(45)54-30)46-33(53-19-36-7-3-9-51(36)13-20(39)11-36)47-32(22)48-8-2-1-6-35(14-48)15-49(16-35)34(52)50-17-37(42,43)18-50/h4-5,10,20H,1-3,6-9,11,13-19,45H2/t20-,36+/m1/s1. The Labute approximate surface area is 316 Å². The minimum Gasteiger partial charge on any atom is -0.461 e. The van der Waals surface area contributed by atoms with Crippen molar-refractivity contribution in [3.8, 4) is 23.2 Å². The van der Waals surface area contributed by atoms with Crippen LogP contribution in [0.4, 0.5) is 37.6 Å². The minimum absolute atomic E-state index is 0.0151. The number of urea groups is 1. The summed E-state index contributed by atoms with van der Waals surface area (Å²) in [4.78, 5) is 29.3. The lowest BCUT2D eigenvalue weighted by Gasteiger charge is -2.54. The van der Waals surface area contributed by atoms with Crippen molar-refractivity contribution in [3.05, 3.63) is 40.4 Å². The fraction of sp³-hybridized carbons (Fsp3) is 0.514. The second kappa shape index (κ2) is 12.7. The molecule has 10 nitrogen and oxygen atoms in total. The first-order valence-electron chi connectivity index (χ1n) is 18.1. The zero-order chi connectivity index (χ0) is 37.7. The van der Waals surface area contributed by atoms with E-state index in [-0.39, 0.29) is 60.3 Å². The van der Waals surface area contributed by atoms with Crippen molar-refractivity contribution in [2.24, 2.45) is 5.41 Å². The van der Waals surface area contributed by atoms with Gasteiger partial charge in [0, 0.05) is 60.9 Å². The lowest BCUT2D eigenvalue weighted by atomic mass is 9.76. The monoisotopic (exact) mass is 786 g/mol. The number of amides is 2. The van der Waals surface area contributed by atoms with Crippen molar-refractivity contribution in [1.29, 1.82) is 5.26 Å². The number of nitrogens with two attached hydrogens (primary N) is 1. The Balaban J connectivity index is 1.12. The molecular formula is C37H36ClF5N8O2S. The first-order chi connectivity index (χ1) is 25.8. The van der Waals surface area contributed by atoms with Crippen LogP contribution >= 0.6 is 22.9 Å². The van der Waals surface area contributed by atoms with E-state index in [1.165, 1.54) is 12.1 Å². The van der Waals surface area contributed by atoms with Crippen molar-refractivity contribution in [1.82, 2.24) is 24.7 Å². The van der Waals surface area contributed by atoms with Gasteiger partial charge in [-0.1, -0.05) is 24.1 Å². The van der Waals surface area contributed by atoms with Gasteiger partial charge in [-0.25, -0.2) is 26.7 Å². The highest BCUT2D eigenvalue weighted by Crippen LogP contribution is 2.48. The van der Waals surface area contributed by atoms with Crippen molar-refractivity contribution >= 4 is 60.8 Å². The summed E-state index contributed by atoms with van der Waals surface area (Å²) >= 11 is 7.81. The second-order valence-corrected chi connectivity index (χ2v) is 17.1. The van der Waals surface area contributed by atoms with Gasteiger partial charge in [-0.3, -0.25) is 4.90 Å². The smallest absolute Gasteiger partial charge is 0.320 e. The number of rotatable bonds is 5. The number of carbonyl (C=O) groups excluding carboxylic acids is 1. The highest BCUT2D eigenvalue weighted by molar-refractivity contribution is 7.23. The van der Waals surface area contributed by atoms with Crippen molar-refractivity contribution < 1.29 is 31.5 Å². The van der Waals surface area contributed by atoms with Gasteiger partial charge in [-0.05, 0) is 49.9 Å². The van der Waals surface area contributed by atoms with E-state index < -0.39 is 48.4 Å². The van der Waals surface area contributed by atoms with Gasteiger partial charge in [-0.2, -0.15) is 15.2 Å². The number of anilines is 2. The summed E-state index contributed by atoms with van der Waals surface area (Å²) in [6, 6.07) is 5.62. The number of aromatic nitrogens is 2. The van der Waals surface area contributed by atoms with Crippen LogP contribution in [0.3, 0.4) is 0 Å². The zero-order valence-corrected chi connectivity index (χ0v) is 30.7. The maximum Gasteiger partial charge on any atom is 0.320 e. The fourth-order valence-electron chi connectivity index (χ4n) is 9.42. The van der Waals surface area contributed by atoms with Gasteiger partial charge in [-0.15, -0.1) is 11.3 Å². The van der Waals surface area contributed by atoms with Gasteiger partial charge >= 0.3 is 12.0 Å². The van der Waals surface area contributed by atoms with Crippen molar-refractivity contribution in [2.75, 3.05) is 69.6 Å². The lowest BCUT2D eigenvalue weighted by Crippen LogP contribution is -2.68. The molecule has 2 atom stereocenters. The number of halogens is 6. The molecule has 5 fully saturated rings. The molecule has 0 unspecified atom stereocenters. The fourth-order valence-corrected chi connectivity index (χ4v) is 10.7.